The van der Waals surface area contributed by atoms with Gasteiger partial charge in [0.15, 0.2) is 0 Å². The molecule has 2 rings (SSSR count). The van der Waals surface area contributed by atoms with Crippen molar-refractivity contribution in [2.24, 2.45) is 11.7 Å². The number of likely N-dealkylation sites (N-methyl/N-ethyl adjacent to an activating group) is 1. The Morgan fingerprint density at radius 2 is 2.36 bits per heavy atom. The quantitative estimate of drug-likeness (QED) is 0.564. The highest BCUT2D eigenvalue weighted by Gasteiger charge is 2.40. The van der Waals surface area contributed by atoms with Gasteiger partial charge in [-0.15, -0.1) is 0 Å². The van der Waals surface area contributed by atoms with Crippen molar-refractivity contribution < 1.29 is 4.74 Å². The molecule has 0 aromatic heterocycles. The highest BCUT2D eigenvalue weighted by molar-refractivity contribution is 4.94. The second-order valence-corrected chi connectivity index (χ2v) is 3.66. The molecule has 0 aromatic carbocycles. The van der Waals surface area contributed by atoms with E-state index in [1.807, 2.05) is 0 Å². The van der Waals surface area contributed by atoms with E-state index in [0.717, 1.165) is 19.8 Å². The van der Waals surface area contributed by atoms with Gasteiger partial charge < -0.3 is 10.5 Å². The zero-order valence-corrected chi connectivity index (χ0v) is 6.99. The maximum atomic E-state index is 5.68. The van der Waals surface area contributed by atoms with Gasteiger partial charge in [0.05, 0.1) is 13.2 Å². The number of hydrogen-bond donors (Lipinski definition) is 1. The number of nitrogens with two attached hydrogens (primary N) is 1. The SMILES string of the molecule is CN1C2COCC(C2)C1CN. The van der Waals surface area contributed by atoms with E-state index in [2.05, 4.69) is 11.9 Å². The van der Waals surface area contributed by atoms with Gasteiger partial charge in [0.2, 0.25) is 0 Å². The van der Waals surface area contributed by atoms with E-state index in [1.165, 1.54) is 6.42 Å². The number of fused-ring (bicyclic) bond motifs is 2. The monoisotopic (exact) mass is 156 g/mol. The van der Waals surface area contributed by atoms with Crippen molar-refractivity contribution in [2.45, 2.75) is 18.5 Å². The lowest BCUT2D eigenvalue weighted by Gasteiger charge is -2.22. The van der Waals surface area contributed by atoms with Gasteiger partial charge in [0, 0.05) is 24.5 Å². The molecule has 0 amide bonds. The van der Waals surface area contributed by atoms with Crippen LogP contribution in [0.1, 0.15) is 6.42 Å². The summed E-state index contributed by atoms with van der Waals surface area (Å²) < 4.78 is 5.46. The van der Waals surface area contributed by atoms with Gasteiger partial charge in [-0.05, 0) is 13.5 Å². The molecule has 2 aliphatic heterocycles. The minimum absolute atomic E-state index is 0.572. The smallest absolute Gasteiger partial charge is 0.0622 e. The van der Waals surface area contributed by atoms with Gasteiger partial charge in [0.1, 0.15) is 0 Å². The fourth-order valence-electron chi connectivity index (χ4n) is 2.36. The Morgan fingerprint density at radius 1 is 1.55 bits per heavy atom. The summed E-state index contributed by atoms with van der Waals surface area (Å²) in [6.45, 7) is 2.60. The van der Waals surface area contributed by atoms with Crippen LogP contribution in [0.3, 0.4) is 0 Å². The minimum atomic E-state index is 0.572. The summed E-state index contributed by atoms with van der Waals surface area (Å²) in [6, 6.07) is 1.21. The molecule has 3 unspecified atom stereocenters. The highest BCUT2D eigenvalue weighted by atomic mass is 16.5. The number of ether oxygens (including phenoxy) is 1. The van der Waals surface area contributed by atoms with Crippen molar-refractivity contribution in [3.63, 3.8) is 0 Å². The molecule has 3 nitrogen and oxygen atoms in total. The molecule has 0 aliphatic carbocycles. The lowest BCUT2D eigenvalue weighted by molar-refractivity contribution is 0.0564. The molecule has 0 aromatic rings. The predicted octanol–water partition coefficient (Wildman–Crippen LogP) is -0.336. The van der Waals surface area contributed by atoms with Gasteiger partial charge in [0.25, 0.3) is 0 Å². The Kier molecular flexibility index (Phi) is 1.87. The molecule has 2 fully saturated rings. The van der Waals surface area contributed by atoms with Crippen LogP contribution in [-0.2, 0) is 4.74 Å². The third-order valence-corrected chi connectivity index (χ3v) is 3.10. The molecule has 64 valence electrons. The lowest BCUT2D eigenvalue weighted by Crippen LogP contribution is -2.39. The van der Waals surface area contributed by atoms with Gasteiger partial charge in [-0.2, -0.15) is 0 Å². The number of rotatable bonds is 1. The summed E-state index contributed by atoms with van der Waals surface area (Å²) in [6.07, 6.45) is 1.29. The molecule has 2 heterocycles. The molecule has 2 N–H and O–H groups in total. The Bertz CT molecular complexity index is 149. The van der Waals surface area contributed by atoms with E-state index in [0.29, 0.717) is 18.0 Å². The molecule has 0 spiro atoms. The van der Waals surface area contributed by atoms with Crippen molar-refractivity contribution in [1.29, 1.82) is 0 Å². The number of likely N-dealkylation sites (tertiary alicyclic amines) is 1. The maximum absolute atomic E-state index is 5.68. The van der Waals surface area contributed by atoms with E-state index >= 15 is 0 Å². The zero-order valence-electron chi connectivity index (χ0n) is 6.99. The molecule has 11 heavy (non-hydrogen) atoms. The van der Waals surface area contributed by atoms with Crippen LogP contribution in [0, 0.1) is 5.92 Å². The van der Waals surface area contributed by atoms with Crippen LogP contribution in [0.5, 0.6) is 0 Å². The normalized spacial score (nSPS) is 44.7. The van der Waals surface area contributed by atoms with Crippen molar-refractivity contribution in [2.75, 3.05) is 26.8 Å². The largest absolute Gasteiger partial charge is 0.379 e. The average molecular weight is 156 g/mol. The molecular formula is C8H16N2O. The summed E-state index contributed by atoms with van der Waals surface area (Å²) in [5.41, 5.74) is 5.68. The van der Waals surface area contributed by atoms with E-state index in [-0.39, 0.29) is 0 Å². The van der Waals surface area contributed by atoms with Crippen molar-refractivity contribution in [1.82, 2.24) is 4.90 Å². The third-order valence-electron chi connectivity index (χ3n) is 3.10. The van der Waals surface area contributed by atoms with Crippen LogP contribution in [0.15, 0.2) is 0 Å². The second kappa shape index (κ2) is 2.73. The Balaban J connectivity index is 2.10. The van der Waals surface area contributed by atoms with Crippen molar-refractivity contribution >= 4 is 0 Å². The molecule has 2 aliphatic rings. The molecule has 2 bridgehead atoms. The summed E-state index contributed by atoms with van der Waals surface area (Å²) in [5.74, 6) is 0.698. The molecular weight excluding hydrogens is 140 g/mol. The molecule has 2 saturated heterocycles. The summed E-state index contributed by atoms with van der Waals surface area (Å²) in [5, 5.41) is 0. The first-order valence-electron chi connectivity index (χ1n) is 4.32. The zero-order chi connectivity index (χ0) is 7.84. The van der Waals surface area contributed by atoms with Crippen LogP contribution >= 0.6 is 0 Å². The summed E-state index contributed by atoms with van der Waals surface area (Å²) in [7, 11) is 2.16. The van der Waals surface area contributed by atoms with E-state index < -0.39 is 0 Å². The fraction of sp³-hybridized carbons (Fsp3) is 1.00. The lowest BCUT2D eigenvalue weighted by atomic mass is 9.99. The van der Waals surface area contributed by atoms with Crippen LogP contribution in [0.4, 0.5) is 0 Å². The Hall–Kier alpha value is -0.120. The van der Waals surface area contributed by atoms with Crippen LogP contribution in [0.2, 0.25) is 0 Å². The maximum Gasteiger partial charge on any atom is 0.0622 e. The van der Waals surface area contributed by atoms with Crippen LogP contribution < -0.4 is 5.73 Å². The van der Waals surface area contributed by atoms with E-state index in [1.54, 1.807) is 0 Å². The Labute approximate surface area is 67.5 Å². The van der Waals surface area contributed by atoms with E-state index in [4.69, 9.17) is 10.5 Å². The van der Waals surface area contributed by atoms with Gasteiger partial charge in [-0.3, -0.25) is 4.90 Å². The average Bonchev–Trinajstić information content (AvgIpc) is 2.25. The Morgan fingerprint density at radius 3 is 3.00 bits per heavy atom. The van der Waals surface area contributed by atoms with Crippen LogP contribution in [0.25, 0.3) is 0 Å². The fourth-order valence-corrected chi connectivity index (χ4v) is 2.36. The number of nitrogens with zero attached hydrogens (tertiary/aromatic N) is 1. The van der Waals surface area contributed by atoms with E-state index in [9.17, 15) is 0 Å². The second-order valence-electron chi connectivity index (χ2n) is 3.66. The summed E-state index contributed by atoms with van der Waals surface area (Å²) >= 11 is 0. The van der Waals surface area contributed by atoms with Crippen molar-refractivity contribution in [3.8, 4) is 0 Å². The van der Waals surface area contributed by atoms with Crippen LogP contribution in [-0.4, -0.2) is 43.8 Å². The highest BCUT2D eigenvalue weighted by Crippen LogP contribution is 2.31. The first-order valence-corrected chi connectivity index (χ1v) is 4.32. The van der Waals surface area contributed by atoms with Gasteiger partial charge in [-0.1, -0.05) is 0 Å². The van der Waals surface area contributed by atoms with Crippen molar-refractivity contribution in [3.05, 3.63) is 0 Å². The minimum Gasteiger partial charge on any atom is -0.379 e. The van der Waals surface area contributed by atoms with Gasteiger partial charge >= 0.3 is 0 Å². The summed E-state index contributed by atoms with van der Waals surface area (Å²) in [4.78, 5) is 2.39. The molecule has 0 radical (unpaired) electrons. The standard InChI is InChI=1S/C8H16N2O/c1-10-7-2-6(4-11-5-7)8(10)3-9/h6-8H,2-5,9H2,1H3. The predicted molar refractivity (Wildman–Crippen MR) is 43.3 cm³/mol. The molecule has 3 atom stereocenters. The topological polar surface area (TPSA) is 38.5 Å². The number of hydrogen-bond acceptors (Lipinski definition) is 3. The third kappa shape index (κ3) is 1.08. The first-order chi connectivity index (χ1) is 5.33. The molecule has 0 saturated carbocycles. The molecule has 3 heteroatoms. The van der Waals surface area contributed by atoms with Gasteiger partial charge in [-0.25, -0.2) is 0 Å². The first kappa shape index (κ1) is 7.53.